The van der Waals surface area contributed by atoms with Crippen LogP contribution in [0.3, 0.4) is 0 Å². The van der Waals surface area contributed by atoms with Gasteiger partial charge in [0.05, 0.1) is 0 Å². The SMILES string of the molecule is Cc1c(CN2C[C@H]3CN(C)C[C@H]3C2)cc(C#N)n1C. The van der Waals surface area contributed by atoms with E-state index in [1.807, 2.05) is 11.6 Å². The van der Waals surface area contributed by atoms with Crippen molar-refractivity contribution >= 4 is 0 Å². The number of nitriles is 1. The molecule has 1 aromatic rings. The van der Waals surface area contributed by atoms with Crippen LogP contribution < -0.4 is 0 Å². The first kappa shape index (κ1) is 12.7. The van der Waals surface area contributed by atoms with Crippen molar-refractivity contribution in [2.24, 2.45) is 18.9 Å². The third kappa shape index (κ3) is 2.18. The van der Waals surface area contributed by atoms with Crippen LogP contribution in [0.25, 0.3) is 0 Å². The molecule has 0 radical (unpaired) electrons. The Hall–Kier alpha value is -1.31. The van der Waals surface area contributed by atoms with Gasteiger partial charge in [-0.1, -0.05) is 0 Å². The Bertz CT molecular complexity index is 511. The van der Waals surface area contributed by atoms with E-state index in [0.29, 0.717) is 0 Å². The first-order chi connectivity index (χ1) is 9.08. The highest BCUT2D eigenvalue weighted by Gasteiger charge is 2.38. The van der Waals surface area contributed by atoms with E-state index in [0.717, 1.165) is 24.1 Å². The van der Waals surface area contributed by atoms with Crippen molar-refractivity contribution in [3.8, 4) is 6.07 Å². The zero-order valence-electron chi connectivity index (χ0n) is 12.1. The van der Waals surface area contributed by atoms with Gasteiger partial charge < -0.3 is 9.47 Å². The lowest BCUT2D eigenvalue weighted by Gasteiger charge is -2.18. The molecule has 0 aliphatic carbocycles. The predicted molar refractivity (Wildman–Crippen MR) is 74.6 cm³/mol. The minimum absolute atomic E-state index is 0.770. The average Bonchev–Trinajstić information content (AvgIpc) is 2.96. The number of likely N-dealkylation sites (tertiary alicyclic amines) is 2. The molecule has 3 rings (SSSR count). The molecular formula is C15H22N4. The molecule has 3 heterocycles. The molecule has 2 saturated heterocycles. The van der Waals surface area contributed by atoms with Gasteiger partial charge in [-0.2, -0.15) is 5.26 Å². The third-order valence-corrected chi connectivity index (χ3v) is 4.89. The summed E-state index contributed by atoms with van der Waals surface area (Å²) in [5.74, 6) is 1.70. The maximum absolute atomic E-state index is 9.09. The van der Waals surface area contributed by atoms with Gasteiger partial charge in [0.25, 0.3) is 0 Å². The molecule has 0 bridgehead atoms. The van der Waals surface area contributed by atoms with Gasteiger partial charge in [-0.15, -0.1) is 0 Å². The van der Waals surface area contributed by atoms with Gasteiger partial charge in [-0.3, -0.25) is 4.90 Å². The van der Waals surface area contributed by atoms with Crippen molar-refractivity contribution in [3.05, 3.63) is 23.0 Å². The van der Waals surface area contributed by atoms with E-state index in [4.69, 9.17) is 5.26 Å². The highest BCUT2D eigenvalue weighted by atomic mass is 15.2. The molecule has 0 unspecified atom stereocenters. The summed E-state index contributed by atoms with van der Waals surface area (Å²) in [6.45, 7) is 8.03. The van der Waals surface area contributed by atoms with Gasteiger partial charge in [0.2, 0.25) is 0 Å². The number of hydrogen-bond donors (Lipinski definition) is 0. The minimum Gasteiger partial charge on any atom is -0.340 e. The molecule has 2 fully saturated rings. The maximum atomic E-state index is 9.09. The molecule has 0 N–H and O–H groups in total. The Morgan fingerprint density at radius 1 is 1.21 bits per heavy atom. The van der Waals surface area contributed by atoms with E-state index in [2.05, 4.69) is 35.9 Å². The standard InChI is InChI=1S/C15H22N4/c1-11-12(4-15(5-16)18(11)3)8-19-9-13-6-17(2)7-14(13)10-19/h4,13-14H,6-10H2,1-3H3/t13-,14+. The van der Waals surface area contributed by atoms with Gasteiger partial charge in [0, 0.05) is 45.5 Å². The van der Waals surface area contributed by atoms with Crippen LogP contribution in [0.15, 0.2) is 6.07 Å². The average molecular weight is 258 g/mol. The second kappa shape index (κ2) is 4.66. The Balaban J connectivity index is 1.69. The Labute approximate surface area is 115 Å². The summed E-state index contributed by atoms with van der Waals surface area (Å²) < 4.78 is 2.00. The number of hydrogen-bond acceptors (Lipinski definition) is 3. The Morgan fingerprint density at radius 2 is 1.84 bits per heavy atom. The fourth-order valence-electron chi connectivity index (χ4n) is 3.72. The Morgan fingerprint density at radius 3 is 2.37 bits per heavy atom. The molecule has 4 heteroatoms. The van der Waals surface area contributed by atoms with Gasteiger partial charge in [0.1, 0.15) is 11.8 Å². The van der Waals surface area contributed by atoms with E-state index < -0.39 is 0 Å². The molecule has 2 aliphatic rings. The Kier molecular flexibility index (Phi) is 3.12. The lowest BCUT2D eigenvalue weighted by molar-refractivity contribution is 0.271. The van der Waals surface area contributed by atoms with Crippen molar-refractivity contribution in [2.75, 3.05) is 33.2 Å². The third-order valence-electron chi connectivity index (χ3n) is 4.89. The van der Waals surface area contributed by atoms with Crippen LogP contribution in [0.4, 0.5) is 0 Å². The van der Waals surface area contributed by atoms with Crippen LogP contribution in [0.5, 0.6) is 0 Å². The van der Waals surface area contributed by atoms with Crippen molar-refractivity contribution < 1.29 is 0 Å². The number of rotatable bonds is 2. The first-order valence-electron chi connectivity index (χ1n) is 7.04. The van der Waals surface area contributed by atoms with E-state index in [9.17, 15) is 0 Å². The van der Waals surface area contributed by atoms with E-state index in [1.165, 1.54) is 37.4 Å². The molecule has 2 aliphatic heterocycles. The molecule has 0 amide bonds. The van der Waals surface area contributed by atoms with Crippen molar-refractivity contribution in [1.29, 1.82) is 5.26 Å². The number of fused-ring (bicyclic) bond motifs is 1. The molecule has 2 atom stereocenters. The van der Waals surface area contributed by atoms with Gasteiger partial charge >= 0.3 is 0 Å². The zero-order valence-corrected chi connectivity index (χ0v) is 12.1. The molecule has 0 aromatic carbocycles. The molecule has 1 aromatic heterocycles. The second-order valence-electron chi connectivity index (χ2n) is 6.25. The lowest BCUT2D eigenvalue weighted by atomic mass is 10.0. The summed E-state index contributed by atoms with van der Waals surface area (Å²) in [5.41, 5.74) is 3.31. The number of aromatic nitrogens is 1. The summed E-state index contributed by atoms with van der Waals surface area (Å²) >= 11 is 0. The molecule has 0 saturated carbocycles. The predicted octanol–water partition coefficient (Wildman–Crippen LogP) is 1.20. The van der Waals surface area contributed by atoms with Gasteiger partial charge in [-0.25, -0.2) is 0 Å². The molecule has 102 valence electrons. The quantitative estimate of drug-likeness (QED) is 0.799. The van der Waals surface area contributed by atoms with E-state index >= 15 is 0 Å². The fourth-order valence-corrected chi connectivity index (χ4v) is 3.72. The van der Waals surface area contributed by atoms with Crippen molar-refractivity contribution in [1.82, 2.24) is 14.4 Å². The van der Waals surface area contributed by atoms with Gasteiger partial charge in [0.15, 0.2) is 0 Å². The van der Waals surface area contributed by atoms with Crippen LogP contribution >= 0.6 is 0 Å². The highest BCUT2D eigenvalue weighted by molar-refractivity contribution is 5.34. The largest absolute Gasteiger partial charge is 0.340 e. The molecular weight excluding hydrogens is 236 g/mol. The lowest BCUT2D eigenvalue weighted by Crippen LogP contribution is -2.26. The zero-order chi connectivity index (χ0) is 13.6. The summed E-state index contributed by atoms with van der Waals surface area (Å²) in [5, 5.41) is 9.09. The van der Waals surface area contributed by atoms with Crippen LogP contribution in [0, 0.1) is 30.1 Å². The van der Waals surface area contributed by atoms with Crippen LogP contribution in [0.1, 0.15) is 17.0 Å². The number of nitrogens with zero attached hydrogens (tertiary/aromatic N) is 4. The van der Waals surface area contributed by atoms with Crippen LogP contribution in [-0.2, 0) is 13.6 Å². The minimum atomic E-state index is 0.770. The van der Waals surface area contributed by atoms with Crippen molar-refractivity contribution in [2.45, 2.75) is 13.5 Å². The molecule has 19 heavy (non-hydrogen) atoms. The summed E-state index contributed by atoms with van der Waals surface area (Å²) in [7, 11) is 4.20. The van der Waals surface area contributed by atoms with Crippen LogP contribution in [-0.4, -0.2) is 47.6 Å². The van der Waals surface area contributed by atoms with Crippen LogP contribution in [0.2, 0.25) is 0 Å². The summed E-state index contributed by atoms with van der Waals surface area (Å²) in [4.78, 5) is 5.01. The smallest absolute Gasteiger partial charge is 0.120 e. The topological polar surface area (TPSA) is 35.2 Å². The molecule has 4 nitrogen and oxygen atoms in total. The maximum Gasteiger partial charge on any atom is 0.120 e. The summed E-state index contributed by atoms with van der Waals surface area (Å²) in [6.07, 6.45) is 0. The summed E-state index contributed by atoms with van der Waals surface area (Å²) in [6, 6.07) is 4.32. The highest BCUT2D eigenvalue weighted by Crippen LogP contribution is 2.31. The van der Waals surface area contributed by atoms with E-state index in [1.54, 1.807) is 0 Å². The van der Waals surface area contributed by atoms with Gasteiger partial charge in [-0.05, 0) is 37.4 Å². The fraction of sp³-hybridized carbons (Fsp3) is 0.667. The first-order valence-corrected chi connectivity index (χ1v) is 7.04. The second-order valence-corrected chi connectivity index (χ2v) is 6.25. The van der Waals surface area contributed by atoms with E-state index in [-0.39, 0.29) is 0 Å². The molecule has 0 spiro atoms. The normalized spacial score (nSPS) is 27.7. The van der Waals surface area contributed by atoms with Crippen molar-refractivity contribution in [3.63, 3.8) is 0 Å². The monoisotopic (exact) mass is 258 g/mol.